The molecule has 29 heavy (non-hydrogen) atoms. The summed E-state index contributed by atoms with van der Waals surface area (Å²) in [7, 11) is 0. The molecule has 3 heterocycles. The molecule has 7 heteroatoms. The Morgan fingerprint density at radius 3 is 2.55 bits per heavy atom. The summed E-state index contributed by atoms with van der Waals surface area (Å²) in [4.78, 5) is 17.3. The van der Waals surface area contributed by atoms with Crippen molar-refractivity contribution in [2.24, 2.45) is 0 Å². The van der Waals surface area contributed by atoms with E-state index in [1.807, 2.05) is 17.0 Å². The molecular formula is C22H32N6O. The number of carbonyl (C=O) groups excluding carboxylic acids is 1. The van der Waals surface area contributed by atoms with E-state index in [9.17, 15) is 4.79 Å². The second-order valence-corrected chi connectivity index (χ2v) is 8.30. The number of likely N-dealkylation sites (tertiary alicyclic amines) is 1. The fraction of sp³-hybridized carbons (Fsp3) is 0.591. The summed E-state index contributed by atoms with van der Waals surface area (Å²) < 4.78 is 2.27. The van der Waals surface area contributed by atoms with Gasteiger partial charge < -0.3 is 19.7 Å². The second-order valence-electron chi connectivity index (χ2n) is 8.30. The van der Waals surface area contributed by atoms with E-state index in [-0.39, 0.29) is 5.91 Å². The molecule has 1 N–H and O–H groups in total. The Morgan fingerprint density at radius 1 is 1.17 bits per heavy atom. The van der Waals surface area contributed by atoms with E-state index in [1.54, 1.807) is 0 Å². The zero-order chi connectivity index (χ0) is 20.4. The first-order valence-electron chi connectivity index (χ1n) is 10.9. The van der Waals surface area contributed by atoms with Crippen LogP contribution in [0.2, 0.25) is 0 Å². The van der Waals surface area contributed by atoms with Gasteiger partial charge >= 0.3 is 0 Å². The number of hydrogen-bond acceptors (Lipinski definition) is 5. The predicted octanol–water partition coefficient (Wildman–Crippen LogP) is 2.64. The molecule has 1 aromatic heterocycles. The lowest BCUT2D eigenvalue weighted by atomic mass is 9.95. The summed E-state index contributed by atoms with van der Waals surface area (Å²) in [6.45, 7) is 11.8. The molecule has 156 valence electrons. The van der Waals surface area contributed by atoms with Crippen LogP contribution in [0.4, 0.5) is 5.69 Å². The van der Waals surface area contributed by atoms with Gasteiger partial charge in [-0.25, -0.2) is 0 Å². The molecule has 0 bridgehead atoms. The van der Waals surface area contributed by atoms with Gasteiger partial charge in [-0.1, -0.05) is 0 Å². The van der Waals surface area contributed by atoms with Gasteiger partial charge in [0.2, 0.25) is 0 Å². The quantitative estimate of drug-likeness (QED) is 0.842. The molecule has 0 radical (unpaired) electrons. The van der Waals surface area contributed by atoms with Crippen molar-refractivity contribution in [3.63, 3.8) is 0 Å². The SMILES string of the molecule is CCN(c1ccc(C(=O)N2CCC(c3nnc4n3CCNC4)CC2)cc1)C(C)C. The van der Waals surface area contributed by atoms with E-state index in [0.29, 0.717) is 12.0 Å². The number of fused-ring (bicyclic) bond motifs is 1. The Balaban J connectivity index is 1.38. The summed E-state index contributed by atoms with van der Waals surface area (Å²) in [6, 6.07) is 8.52. The van der Waals surface area contributed by atoms with Crippen LogP contribution in [0.5, 0.6) is 0 Å². The molecule has 1 amide bonds. The topological polar surface area (TPSA) is 66.3 Å². The number of rotatable bonds is 5. The fourth-order valence-corrected chi connectivity index (χ4v) is 4.58. The fourth-order valence-electron chi connectivity index (χ4n) is 4.58. The zero-order valence-electron chi connectivity index (χ0n) is 17.8. The maximum Gasteiger partial charge on any atom is 0.253 e. The van der Waals surface area contributed by atoms with Crippen LogP contribution in [-0.4, -0.2) is 57.8 Å². The number of hydrogen-bond donors (Lipinski definition) is 1. The molecule has 0 atom stereocenters. The molecule has 2 aliphatic rings. The van der Waals surface area contributed by atoms with Gasteiger partial charge in [-0.15, -0.1) is 10.2 Å². The highest BCUT2D eigenvalue weighted by Crippen LogP contribution is 2.29. The lowest BCUT2D eigenvalue weighted by molar-refractivity contribution is 0.0710. The third-order valence-corrected chi connectivity index (χ3v) is 6.21. The highest BCUT2D eigenvalue weighted by molar-refractivity contribution is 5.94. The van der Waals surface area contributed by atoms with Crippen LogP contribution in [0.25, 0.3) is 0 Å². The monoisotopic (exact) mass is 396 g/mol. The van der Waals surface area contributed by atoms with Crippen molar-refractivity contribution >= 4 is 11.6 Å². The van der Waals surface area contributed by atoms with Crippen molar-refractivity contribution in [2.45, 2.75) is 58.7 Å². The normalized spacial score (nSPS) is 17.4. The molecule has 0 unspecified atom stereocenters. The molecule has 0 saturated carbocycles. The van der Waals surface area contributed by atoms with Crippen LogP contribution in [0, 0.1) is 0 Å². The number of amides is 1. The first-order valence-corrected chi connectivity index (χ1v) is 10.9. The van der Waals surface area contributed by atoms with E-state index in [1.165, 1.54) is 5.69 Å². The van der Waals surface area contributed by atoms with Gasteiger partial charge in [-0.2, -0.15) is 0 Å². The number of piperidine rings is 1. The van der Waals surface area contributed by atoms with Crippen molar-refractivity contribution < 1.29 is 4.79 Å². The predicted molar refractivity (Wildman–Crippen MR) is 114 cm³/mol. The van der Waals surface area contributed by atoms with E-state index in [0.717, 1.165) is 69.3 Å². The van der Waals surface area contributed by atoms with Crippen LogP contribution >= 0.6 is 0 Å². The van der Waals surface area contributed by atoms with E-state index in [2.05, 4.69) is 57.9 Å². The summed E-state index contributed by atoms with van der Waals surface area (Å²) in [5.74, 6) is 2.67. The highest BCUT2D eigenvalue weighted by Gasteiger charge is 2.29. The molecule has 1 fully saturated rings. The van der Waals surface area contributed by atoms with Crippen molar-refractivity contribution in [1.82, 2.24) is 25.0 Å². The molecule has 1 saturated heterocycles. The van der Waals surface area contributed by atoms with Crippen LogP contribution in [0.1, 0.15) is 61.5 Å². The smallest absolute Gasteiger partial charge is 0.253 e. The van der Waals surface area contributed by atoms with Gasteiger partial charge in [-0.3, -0.25) is 4.79 Å². The van der Waals surface area contributed by atoms with Gasteiger partial charge in [0.1, 0.15) is 11.6 Å². The van der Waals surface area contributed by atoms with E-state index < -0.39 is 0 Å². The third-order valence-electron chi connectivity index (χ3n) is 6.21. The average Bonchev–Trinajstić information content (AvgIpc) is 3.18. The lowest BCUT2D eigenvalue weighted by Gasteiger charge is -2.32. The van der Waals surface area contributed by atoms with Crippen LogP contribution in [-0.2, 0) is 13.1 Å². The molecule has 0 aliphatic carbocycles. The minimum Gasteiger partial charge on any atom is -0.369 e. The largest absolute Gasteiger partial charge is 0.369 e. The molecule has 4 rings (SSSR count). The first-order chi connectivity index (χ1) is 14.1. The molecular weight excluding hydrogens is 364 g/mol. The number of nitrogens with zero attached hydrogens (tertiary/aromatic N) is 5. The molecule has 2 aliphatic heterocycles. The summed E-state index contributed by atoms with van der Waals surface area (Å²) in [5, 5.41) is 12.1. The van der Waals surface area contributed by atoms with Gasteiger partial charge in [-0.05, 0) is 57.9 Å². The minimum absolute atomic E-state index is 0.134. The van der Waals surface area contributed by atoms with Gasteiger partial charge in [0.25, 0.3) is 5.91 Å². The van der Waals surface area contributed by atoms with Crippen LogP contribution < -0.4 is 10.2 Å². The second kappa shape index (κ2) is 8.53. The zero-order valence-corrected chi connectivity index (χ0v) is 17.8. The van der Waals surface area contributed by atoms with E-state index >= 15 is 0 Å². The number of benzene rings is 1. The van der Waals surface area contributed by atoms with Crippen molar-refractivity contribution in [1.29, 1.82) is 0 Å². The van der Waals surface area contributed by atoms with Crippen molar-refractivity contribution in [3.8, 4) is 0 Å². The first kappa shape index (κ1) is 19.9. The Morgan fingerprint density at radius 2 is 1.90 bits per heavy atom. The van der Waals surface area contributed by atoms with Gasteiger partial charge in [0, 0.05) is 55.9 Å². The summed E-state index contributed by atoms with van der Waals surface area (Å²) in [6.07, 6.45) is 1.90. The minimum atomic E-state index is 0.134. The Hall–Kier alpha value is -2.41. The average molecular weight is 397 g/mol. The number of aromatic nitrogens is 3. The van der Waals surface area contributed by atoms with Gasteiger partial charge in [0.05, 0.1) is 6.54 Å². The van der Waals surface area contributed by atoms with Crippen LogP contribution in [0.15, 0.2) is 24.3 Å². The van der Waals surface area contributed by atoms with Crippen molar-refractivity contribution in [3.05, 3.63) is 41.5 Å². The maximum absolute atomic E-state index is 13.0. The Bertz CT molecular complexity index is 835. The molecule has 0 spiro atoms. The Kier molecular flexibility index (Phi) is 5.85. The number of carbonyl (C=O) groups is 1. The lowest BCUT2D eigenvalue weighted by Crippen LogP contribution is -2.39. The van der Waals surface area contributed by atoms with Crippen molar-refractivity contribution in [2.75, 3.05) is 31.1 Å². The van der Waals surface area contributed by atoms with Crippen LogP contribution in [0.3, 0.4) is 0 Å². The third kappa shape index (κ3) is 4.01. The number of anilines is 1. The summed E-state index contributed by atoms with van der Waals surface area (Å²) in [5.41, 5.74) is 1.95. The highest BCUT2D eigenvalue weighted by atomic mass is 16.2. The molecule has 1 aromatic carbocycles. The van der Waals surface area contributed by atoms with Gasteiger partial charge in [0.15, 0.2) is 0 Å². The maximum atomic E-state index is 13.0. The van der Waals surface area contributed by atoms with E-state index in [4.69, 9.17) is 0 Å². The molecule has 2 aromatic rings. The standard InChI is InChI=1S/C22H32N6O/c1-4-27(16(2)3)19-7-5-18(6-8-19)22(29)26-12-9-17(10-13-26)21-25-24-20-15-23-11-14-28(20)21/h5-8,16-17,23H,4,9-15H2,1-3H3. The number of nitrogens with one attached hydrogen (secondary N) is 1. The summed E-state index contributed by atoms with van der Waals surface area (Å²) >= 11 is 0. The Labute approximate surface area is 173 Å². The molecule has 7 nitrogen and oxygen atoms in total.